The second-order valence-corrected chi connectivity index (χ2v) is 5.80. The molecule has 1 atom stereocenters. The summed E-state index contributed by atoms with van der Waals surface area (Å²) in [6.45, 7) is 2.65. The van der Waals surface area contributed by atoms with Gasteiger partial charge in [-0.25, -0.2) is 8.78 Å². The number of thioether (sulfide) groups is 1. The predicted molar refractivity (Wildman–Crippen MR) is 84.9 cm³/mol. The summed E-state index contributed by atoms with van der Waals surface area (Å²) < 4.78 is 25.3. The molecule has 1 nitrogen and oxygen atoms in total. The minimum absolute atomic E-state index is 0.0753. The fourth-order valence-electron chi connectivity index (χ4n) is 2.12. The third kappa shape index (κ3) is 4.55. The van der Waals surface area contributed by atoms with E-state index in [1.54, 1.807) is 23.9 Å². The minimum atomic E-state index is -2.42. The molecular weight excluding hydrogens is 288 g/mol. The lowest BCUT2D eigenvalue weighted by molar-refractivity contribution is 0.151. The molecule has 2 aromatic rings. The van der Waals surface area contributed by atoms with E-state index in [9.17, 15) is 8.78 Å². The first-order valence-corrected chi connectivity index (χ1v) is 8.07. The van der Waals surface area contributed by atoms with Gasteiger partial charge < -0.3 is 5.32 Å². The number of nitrogens with one attached hydrogen (secondary N) is 1. The van der Waals surface area contributed by atoms with E-state index in [1.807, 2.05) is 12.3 Å². The van der Waals surface area contributed by atoms with Gasteiger partial charge in [0.25, 0.3) is 6.43 Å². The van der Waals surface area contributed by atoms with E-state index in [4.69, 9.17) is 0 Å². The Kier molecular flexibility index (Phi) is 5.76. The molecule has 0 aliphatic rings. The molecular formula is C17H19F2NS. The van der Waals surface area contributed by atoms with E-state index in [2.05, 4.69) is 36.5 Å². The summed E-state index contributed by atoms with van der Waals surface area (Å²) in [5.41, 5.74) is 2.14. The molecule has 2 rings (SSSR count). The average Bonchev–Trinajstić information content (AvgIpc) is 2.53. The highest BCUT2D eigenvalue weighted by molar-refractivity contribution is 7.98. The highest BCUT2D eigenvalue weighted by Gasteiger charge is 2.08. The van der Waals surface area contributed by atoms with Gasteiger partial charge in [0.2, 0.25) is 0 Å². The van der Waals surface area contributed by atoms with Gasteiger partial charge in [-0.2, -0.15) is 0 Å². The highest BCUT2D eigenvalue weighted by Crippen LogP contribution is 2.21. The number of halogens is 2. The van der Waals surface area contributed by atoms with E-state index < -0.39 is 6.43 Å². The summed E-state index contributed by atoms with van der Waals surface area (Å²) in [4.78, 5) is 1.23. The second kappa shape index (κ2) is 7.57. The minimum Gasteiger partial charge on any atom is -0.306 e. The molecule has 0 heterocycles. The third-order valence-corrected chi connectivity index (χ3v) is 4.17. The zero-order valence-corrected chi connectivity index (χ0v) is 13.0. The zero-order chi connectivity index (χ0) is 15.2. The number of benzene rings is 2. The number of hydrogen-bond donors (Lipinski definition) is 1. The quantitative estimate of drug-likeness (QED) is 0.736. The van der Waals surface area contributed by atoms with E-state index in [1.165, 1.54) is 16.5 Å². The Labute approximate surface area is 128 Å². The van der Waals surface area contributed by atoms with Crippen LogP contribution < -0.4 is 5.32 Å². The van der Waals surface area contributed by atoms with Crippen molar-refractivity contribution in [1.29, 1.82) is 0 Å². The van der Waals surface area contributed by atoms with Crippen molar-refractivity contribution >= 4 is 11.8 Å². The molecule has 0 spiro atoms. The Balaban J connectivity index is 1.96. The molecule has 0 aliphatic carbocycles. The van der Waals surface area contributed by atoms with Crippen LogP contribution in [0.5, 0.6) is 0 Å². The van der Waals surface area contributed by atoms with Crippen LogP contribution in [0.15, 0.2) is 53.4 Å². The Morgan fingerprint density at radius 2 is 1.76 bits per heavy atom. The number of rotatable bonds is 6. The van der Waals surface area contributed by atoms with Gasteiger partial charge in [-0.05, 0) is 42.5 Å². The Morgan fingerprint density at radius 1 is 1.05 bits per heavy atom. The van der Waals surface area contributed by atoms with Crippen LogP contribution in [0.4, 0.5) is 8.78 Å². The monoisotopic (exact) mass is 307 g/mol. The zero-order valence-electron chi connectivity index (χ0n) is 12.1. The van der Waals surface area contributed by atoms with Crippen LogP contribution in [0.25, 0.3) is 0 Å². The first-order valence-electron chi connectivity index (χ1n) is 6.84. The maximum atomic E-state index is 12.7. The Bertz CT molecular complexity index is 569. The molecule has 0 aliphatic heterocycles. The van der Waals surface area contributed by atoms with E-state index >= 15 is 0 Å². The van der Waals surface area contributed by atoms with Gasteiger partial charge in [0.05, 0.1) is 0 Å². The summed E-state index contributed by atoms with van der Waals surface area (Å²) in [7, 11) is 0. The molecule has 0 amide bonds. The van der Waals surface area contributed by atoms with Crippen molar-refractivity contribution in [3.63, 3.8) is 0 Å². The Morgan fingerprint density at radius 3 is 2.38 bits per heavy atom. The van der Waals surface area contributed by atoms with E-state index in [0.29, 0.717) is 6.54 Å². The first-order chi connectivity index (χ1) is 10.1. The summed E-state index contributed by atoms with van der Waals surface area (Å²) >= 11 is 1.71. The summed E-state index contributed by atoms with van der Waals surface area (Å²) in [5.74, 6) is 0. The molecule has 0 radical (unpaired) electrons. The van der Waals surface area contributed by atoms with Gasteiger partial charge in [-0.1, -0.05) is 30.3 Å². The molecule has 21 heavy (non-hydrogen) atoms. The molecule has 2 aromatic carbocycles. The van der Waals surface area contributed by atoms with E-state index in [-0.39, 0.29) is 11.6 Å². The molecule has 4 heteroatoms. The van der Waals surface area contributed by atoms with Gasteiger partial charge >= 0.3 is 0 Å². The lowest BCUT2D eigenvalue weighted by Crippen LogP contribution is -2.18. The highest BCUT2D eigenvalue weighted by atomic mass is 32.2. The normalized spacial score (nSPS) is 12.6. The van der Waals surface area contributed by atoms with Crippen molar-refractivity contribution in [2.45, 2.75) is 30.8 Å². The second-order valence-electron chi connectivity index (χ2n) is 4.92. The summed E-state index contributed by atoms with van der Waals surface area (Å²) in [5, 5.41) is 3.37. The van der Waals surface area contributed by atoms with E-state index in [0.717, 1.165) is 5.56 Å². The van der Waals surface area contributed by atoms with Crippen LogP contribution in [-0.2, 0) is 6.54 Å². The fourth-order valence-corrected chi connectivity index (χ4v) is 2.53. The molecule has 0 bridgehead atoms. The topological polar surface area (TPSA) is 12.0 Å². The van der Waals surface area contributed by atoms with Crippen molar-refractivity contribution in [3.05, 3.63) is 65.2 Å². The van der Waals surface area contributed by atoms with Crippen LogP contribution in [0.3, 0.4) is 0 Å². The molecule has 0 fully saturated rings. The van der Waals surface area contributed by atoms with Gasteiger partial charge in [-0.15, -0.1) is 11.8 Å². The van der Waals surface area contributed by atoms with Crippen LogP contribution in [0.1, 0.15) is 36.1 Å². The maximum Gasteiger partial charge on any atom is 0.263 e. The van der Waals surface area contributed by atoms with Crippen LogP contribution in [0, 0.1) is 0 Å². The molecule has 0 aromatic heterocycles. The maximum absolute atomic E-state index is 12.7. The van der Waals surface area contributed by atoms with Gasteiger partial charge in [0.15, 0.2) is 0 Å². The molecule has 1 N–H and O–H groups in total. The molecule has 0 saturated heterocycles. The van der Waals surface area contributed by atoms with Gasteiger partial charge in [0, 0.05) is 23.0 Å². The standard InChI is InChI=1S/C17H19F2NS/c1-12(14-6-8-16(21-2)9-7-14)20-11-13-4-3-5-15(10-13)17(18)19/h3-10,12,17,20H,11H2,1-2H3. The SMILES string of the molecule is CSc1ccc(C(C)NCc2cccc(C(F)F)c2)cc1. The number of alkyl halides is 2. The van der Waals surface area contributed by atoms with Crippen LogP contribution >= 0.6 is 11.8 Å². The van der Waals surface area contributed by atoms with Crippen molar-refractivity contribution in [2.24, 2.45) is 0 Å². The number of hydrogen-bond acceptors (Lipinski definition) is 2. The Hall–Kier alpha value is -1.39. The van der Waals surface area contributed by atoms with Crippen molar-refractivity contribution < 1.29 is 8.78 Å². The lowest BCUT2D eigenvalue weighted by Gasteiger charge is -2.15. The fraction of sp³-hybridized carbons (Fsp3) is 0.294. The smallest absolute Gasteiger partial charge is 0.263 e. The molecule has 0 saturated carbocycles. The van der Waals surface area contributed by atoms with Crippen LogP contribution in [-0.4, -0.2) is 6.26 Å². The third-order valence-electron chi connectivity index (χ3n) is 3.43. The van der Waals surface area contributed by atoms with Gasteiger partial charge in [-0.3, -0.25) is 0 Å². The molecule has 112 valence electrons. The van der Waals surface area contributed by atoms with Crippen molar-refractivity contribution in [2.75, 3.05) is 6.26 Å². The molecule has 1 unspecified atom stereocenters. The van der Waals surface area contributed by atoms with Crippen molar-refractivity contribution in [3.8, 4) is 0 Å². The summed E-state index contributed by atoms with van der Waals surface area (Å²) in [6.07, 6.45) is -0.367. The van der Waals surface area contributed by atoms with Crippen molar-refractivity contribution in [1.82, 2.24) is 5.32 Å². The lowest BCUT2D eigenvalue weighted by atomic mass is 10.1. The summed E-state index contributed by atoms with van der Waals surface area (Å²) in [6, 6.07) is 15.1. The first kappa shape index (κ1) is 16.0. The predicted octanol–water partition coefficient (Wildman–Crippen LogP) is 5.20. The largest absolute Gasteiger partial charge is 0.306 e. The van der Waals surface area contributed by atoms with Gasteiger partial charge in [0.1, 0.15) is 0 Å². The average molecular weight is 307 g/mol. The van der Waals surface area contributed by atoms with Crippen LogP contribution in [0.2, 0.25) is 0 Å².